The number of amides is 1. The molecule has 0 aliphatic carbocycles. The molecule has 0 aliphatic heterocycles. The number of aromatic nitrogens is 3. The van der Waals surface area contributed by atoms with Crippen molar-refractivity contribution in [3.05, 3.63) is 48.0 Å². The molecule has 3 rings (SSSR count). The summed E-state index contributed by atoms with van der Waals surface area (Å²) in [5.74, 6) is -0.0496. The molecule has 1 unspecified atom stereocenters. The Bertz CT molecular complexity index is 759. The maximum Gasteiger partial charge on any atom is 0.291 e. The molecule has 102 valence electrons. The Morgan fingerprint density at radius 2 is 2.20 bits per heavy atom. The maximum absolute atomic E-state index is 12.2. The van der Waals surface area contributed by atoms with Gasteiger partial charge in [0, 0.05) is 18.8 Å². The van der Waals surface area contributed by atoms with E-state index in [2.05, 4.69) is 15.6 Å². The van der Waals surface area contributed by atoms with Crippen LogP contribution < -0.4 is 5.32 Å². The number of fused-ring (bicyclic) bond motifs is 1. The molecule has 0 fully saturated rings. The van der Waals surface area contributed by atoms with Gasteiger partial charge in [-0.15, -0.1) is 0 Å². The summed E-state index contributed by atoms with van der Waals surface area (Å²) in [4.78, 5) is 12.2. The lowest BCUT2D eigenvalue weighted by molar-refractivity contribution is 0.0905. The van der Waals surface area contributed by atoms with Crippen LogP contribution >= 0.6 is 0 Å². The number of hydrogen-bond donors (Lipinski definition) is 1. The first-order valence-corrected chi connectivity index (χ1v) is 6.29. The third-order valence-corrected chi connectivity index (χ3v) is 3.16. The Hall–Kier alpha value is -2.63. The molecule has 0 saturated heterocycles. The normalized spacial score (nSPS) is 12.5. The van der Waals surface area contributed by atoms with Crippen LogP contribution in [0.2, 0.25) is 0 Å². The Morgan fingerprint density at radius 3 is 2.95 bits per heavy atom. The fourth-order valence-electron chi connectivity index (χ4n) is 2.06. The first kappa shape index (κ1) is 12.4. The van der Waals surface area contributed by atoms with E-state index in [1.54, 1.807) is 16.9 Å². The monoisotopic (exact) mass is 270 g/mol. The van der Waals surface area contributed by atoms with Gasteiger partial charge in [-0.3, -0.25) is 9.48 Å². The largest absolute Gasteiger partial charge is 0.350 e. The van der Waals surface area contributed by atoms with Crippen LogP contribution in [0.3, 0.4) is 0 Å². The number of hydrogen-bond acceptors (Lipinski definition) is 4. The molecule has 0 radical (unpaired) electrons. The highest BCUT2D eigenvalue weighted by Crippen LogP contribution is 2.19. The van der Waals surface area contributed by atoms with Gasteiger partial charge in [-0.2, -0.15) is 5.10 Å². The minimum atomic E-state index is -0.282. The summed E-state index contributed by atoms with van der Waals surface area (Å²) in [5, 5.41) is 11.5. The summed E-state index contributed by atoms with van der Waals surface area (Å²) in [5.41, 5.74) is 1.61. The zero-order chi connectivity index (χ0) is 14.1. The van der Waals surface area contributed by atoms with E-state index >= 15 is 0 Å². The number of nitrogens with one attached hydrogen (secondary N) is 1. The van der Waals surface area contributed by atoms with Crippen molar-refractivity contribution in [3.8, 4) is 0 Å². The second-order valence-electron chi connectivity index (χ2n) is 4.67. The molecular weight excluding hydrogens is 256 g/mol. The first-order valence-electron chi connectivity index (χ1n) is 6.29. The van der Waals surface area contributed by atoms with E-state index in [1.807, 2.05) is 38.4 Å². The molecule has 1 aromatic carbocycles. The fourth-order valence-corrected chi connectivity index (χ4v) is 2.06. The quantitative estimate of drug-likeness (QED) is 0.790. The average molecular weight is 270 g/mol. The summed E-state index contributed by atoms with van der Waals surface area (Å²) in [7, 11) is 1.84. The van der Waals surface area contributed by atoms with Crippen LogP contribution in [0.1, 0.15) is 29.1 Å². The molecule has 0 spiro atoms. The second-order valence-corrected chi connectivity index (χ2v) is 4.67. The third kappa shape index (κ3) is 2.16. The van der Waals surface area contributed by atoms with E-state index < -0.39 is 0 Å². The zero-order valence-electron chi connectivity index (χ0n) is 11.2. The minimum absolute atomic E-state index is 0.153. The van der Waals surface area contributed by atoms with Gasteiger partial charge < -0.3 is 9.84 Å². The highest BCUT2D eigenvalue weighted by atomic mass is 16.5. The van der Waals surface area contributed by atoms with Gasteiger partial charge in [-0.05, 0) is 19.1 Å². The minimum Gasteiger partial charge on any atom is -0.350 e. The molecule has 6 heteroatoms. The van der Waals surface area contributed by atoms with Crippen molar-refractivity contribution < 1.29 is 9.32 Å². The number of nitrogens with zero attached hydrogens (tertiary/aromatic N) is 3. The molecule has 0 bridgehead atoms. The smallest absolute Gasteiger partial charge is 0.291 e. The van der Waals surface area contributed by atoms with Crippen LogP contribution in [-0.4, -0.2) is 20.8 Å². The lowest BCUT2D eigenvalue weighted by Gasteiger charge is -2.10. The van der Waals surface area contributed by atoms with E-state index in [1.165, 1.54) is 0 Å². The predicted molar refractivity (Wildman–Crippen MR) is 73.1 cm³/mol. The number of carbonyl (C=O) groups excluding carboxylic acids is 1. The summed E-state index contributed by atoms with van der Waals surface area (Å²) in [6.07, 6.45) is 3.59. The second kappa shape index (κ2) is 4.80. The summed E-state index contributed by atoms with van der Waals surface area (Å²) in [6, 6.07) is 7.17. The van der Waals surface area contributed by atoms with Crippen molar-refractivity contribution >= 4 is 16.8 Å². The van der Waals surface area contributed by atoms with Crippen LogP contribution in [0.15, 0.2) is 41.2 Å². The number of rotatable bonds is 3. The van der Waals surface area contributed by atoms with Crippen molar-refractivity contribution in [1.82, 2.24) is 20.3 Å². The zero-order valence-corrected chi connectivity index (χ0v) is 11.2. The van der Waals surface area contributed by atoms with Gasteiger partial charge >= 0.3 is 0 Å². The fraction of sp³-hybridized carbons (Fsp3) is 0.214. The molecule has 20 heavy (non-hydrogen) atoms. The Balaban J connectivity index is 1.82. The Morgan fingerprint density at radius 1 is 1.40 bits per heavy atom. The van der Waals surface area contributed by atoms with Gasteiger partial charge in [-0.25, -0.2) is 0 Å². The summed E-state index contributed by atoms with van der Waals surface area (Å²) < 4.78 is 6.83. The van der Waals surface area contributed by atoms with Crippen molar-refractivity contribution in [2.45, 2.75) is 13.0 Å². The topological polar surface area (TPSA) is 73.0 Å². The SMILES string of the molecule is CC(NC(=O)c1onc2ccccc12)c1cnn(C)c1. The molecular formula is C14H14N4O2. The van der Waals surface area contributed by atoms with E-state index in [0.717, 1.165) is 5.56 Å². The maximum atomic E-state index is 12.2. The van der Waals surface area contributed by atoms with Gasteiger partial charge in [0.05, 0.1) is 17.6 Å². The van der Waals surface area contributed by atoms with E-state index in [-0.39, 0.29) is 17.7 Å². The summed E-state index contributed by atoms with van der Waals surface area (Å²) in [6.45, 7) is 1.90. The van der Waals surface area contributed by atoms with Crippen LogP contribution in [0.25, 0.3) is 10.9 Å². The molecule has 1 N–H and O–H groups in total. The number of carbonyl (C=O) groups is 1. The van der Waals surface area contributed by atoms with Crippen molar-refractivity contribution in [3.63, 3.8) is 0 Å². The predicted octanol–water partition coefficient (Wildman–Crippen LogP) is 2.05. The average Bonchev–Trinajstić information content (AvgIpc) is 3.04. The molecule has 6 nitrogen and oxygen atoms in total. The molecule has 2 heterocycles. The van der Waals surface area contributed by atoms with E-state index in [4.69, 9.17) is 4.52 Å². The standard InChI is InChI=1S/C14H14N4O2/c1-9(10-7-15-18(2)8-10)16-14(19)13-11-5-3-4-6-12(11)17-20-13/h3-9H,1-2H3,(H,16,19). The number of aryl methyl sites for hydroxylation is 1. The third-order valence-electron chi connectivity index (χ3n) is 3.16. The van der Waals surface area contributed by atoms with Crippen molar-refractivity contribution in [2.75, 3.05) is 0 Å². The molecule has 2 aromatic heterocycles. The lowest BCUT2D eigenvalue weighted by Crippen LogP contribution is -2.26. The van der Waals surface area contributed by atoms with Crippen LogP contribution in [0.4, 0.5) is 0 Å². The van der Waals surface area contributed by atoms with E-state index in [9.17, 15) is 4.79 Å². The first-order chi connectivity index (χ1) is 9.65. The van der Waals surface area contributed by atoms with Crippen molar-refractivity contribution in [1.29, 1.82) is 0 Å². The summed E-state index contributed by atoms with van der Waals surface area (Å²) >= 11 is 0. The molecule has 0 saturated carbocycles. The highest BCUT2D eigenvalue weighted by molar-refractivity contribution is 6.03. The van der Waals surface area contributed by atoms with E-state index in [0.29, 0.717) is 10.9 Å². The lowest BCUT2D eigenvalue weighted by atomic mass is 10.1. The number of benzene rings is 1. The van der Waals surface area contributed by atoms with Gasteiger partial charge in [0.15, 0.2) is 0 Å². The highest BCUT2D eigenvalue weighted by Gasteiger charge is 2.19. The van der Waals surface area contributed by atoms with Gasteiger partial charge in [0.25, 0.3) is 5.91 Å². The van der Waals surface area contributed by atoms with Gasteiger partial charge in [0.1, 0.15) is 5.52 Å². The molecule has 1 amide bonds. The van der Waals surface area contributed by atoms with Crippen molar-refractivity contribution in [2.24, 2.45) is 7.05 Å². The van der Waals surface area contributed by atoms with Crippen LogP contribution in [0.5, 0.6) is 0 Å². The van der Waals surface area contributed by atoms with Gasteiger partial charge in [0.2, 0.25) is 5.76 Å². The van der Waals surface area contributed by atoms with Crippen LogP contribution in [0, 0.1) is 0 Å². The molecule has 3 aromatic rings. The van der Waals surface area contributed by atoms with Crippen LogP contribution in [-0.2, 0) is 7.05 Å². The Kier molecular flexibility index (Phi) is 2.98. The Labute approximate surface area is 115 Å². The molecule has 0 aliphatic rings. The van der Waals surface area contributed by atoms with Gasteiger partial charge in [-0.1, -0.05) is 17.3 Å². The molecule has 1 atom stereocenters.